The number of hydrogen-bond donors (Lipinski definition) is 1. The van der Waals surface area contributed by atoms with Crippen molar-refractivity contribution in [2.75, 3.05) is 24.5 Å². The van der Waals surface area contributed by atoms with E-state index in [1.54, 1.807) is 6.07 Å². The lowest BCUT2D eigenvalue weighted by Gasteiger charge is -2.24. The van der Waals surface area contributed by atoms with E-state index in [4.69, 9.17) is 5.73 Å². The number of nitrogens with two attached hydrogens (primary N) is 1. The summed E-state index contributed by atoms with van der Waals surface area (Å²) in [5.41, 5.74) is 7.27. The third-order valence-corrected chi connectivity index (χ3v) is 4.50. The van der Waals surface area contributed by atoms with Crippen LogP contribution in [0.5, 0.6) is 0 Å². The number of nitrogens with zero attached hydrogens (tertiary/aromatic N) is 1. The van der Waals surface area contributed by atoms with Crippen LogP contribution in [0.25, 0.3) is 0 Å². The fourth-order valence-electron chi connectivity index (χ4n) is 3.16. The molecule has 0 aliphatic carbocycles. The van der Waals surface area contributed by atoms with E-state index in [-0.39, 0.29) is 5.82 Å². The average molecular weight is 278 g/mol. The first-order valence-electron chi connectivity index (χ1n) is 7.85. The van der Waals surface area contributed by atoms with Gasteiger partial charge in [-0.3, -0.25) is 0 Å². The maximum Gasteiger partial charge on any atom is 0.146 e. The van der Waals surface area contributed by atoms with E-state index in [2.05, 4.69) is 18.7 Å². The van der Waals surface area contributed by atoms with Gasteiger partial charge in [-0.15, -0.1) is 0 Å². The molecule has 0 aromatic heterocycles. The molecule has 1 heterocycles. The van der Waals surface area contributed by atoms with Crippen LogP contribution in [0.4, 0.5) is 10.1 Å². The van der Waals surface area contributed by atoms with E-state index in [0.717, 1.165) is 49.0 Å². The number of halogens is 1. The highest BCUT2D eigenvalue weighted by Gasteiger charge is 2.21. The molecule has 1 saturated heterocycles. The Labute approximate surface area is 122 Å². The molecule has 1 aromatic carbocycles. The molecule has 2 nitrogen and oxygen atoms in total. The van der Waals surface area contributed by atoms with Gasteiger partial charge in [-0.05, 0) is 61.8 Å². The van der Waals surface area contributed by atoms with Crippen LogP contribution < -0.4 is 10.6 Å². The van der Waals surface area contributed by atoms with Crippen LogP contribution in [0.3, 0.4) is 0 Å². The first-order chi connectivity index (χ1) is 9.61. The number of rotatable bonds is 4. The minimum Gasteiger partial charge on any atom is -0.369 e. The Morgan fingerprint density at radius 3 is 2.75 bits per heavy atom. The van der Waals surface area contributed by atoms with E-state index in [1.165, 1.54) is 12.8 Å². The zero-order valence-corrected chi connectivity index (χ0v) is 12.7. The van der Waals surface area contributed by atoms with Crippen molar-refractivity contribution in [2.24, 2.45) is 17.6 Å². The zero-order chi connectivity index (χ0) is 14.5. The summed E-state index contributed by atoms with van der Waals surface area (Å²) in [7, 11) is 0. The topological polar surface area (TPSA) is 29.3 Å². The minimum absolute atomic E-state index is 0.0982. The molecular formula is C17H27FN2. The number of benzene rings is 1. The normalized spacial score (nSPS) is 20.2. The van der Waals surface area contributed by atoms with Gasteiger partial charge in [-0.1, -0.05) is 19.9 Å². The Balaban J connectivity index is 2.07. The van der Waals surface area contributed by atoms with Gasteiger partial charge < -0.3 is 10.6 Å². The molecule has 20 heavy (non-hydrogen) atoms. The summed E-state index contributed by atoms with van der Waals surface area (Å²) in [4.78, 5) is 2.21. The molecule has 2 N–H and O–H groups in total. The first kappa shape index (κ1) is 15.3. The molecule has 0 bridgehead atoms. The van der Waals surface area contributed by atoms with Gasteiger partial charge in [-0.2, -0.15) is 0 Å². The van der Waals surface area contributed by atoms with Crippen molar-refractivity contribution < 1.29 is 4.39 Å². The van der Waals surface area contributed by atoms with E-state index in [0.29, 0.717) is 6.54 Å². The van der Waals surface area contributed by atoms with Gasteiger partial charge in [0.05, 0.1) is 5.69 Å². The van der Waals surface area contributed by atoms with Gasteiger partial charge in [0, 0.05) is 13.1 Å². The van der Waals surface area contributed by atoms with Crippen LogP contribution in [0.2, 0.25) is 0 Å². The van der Waals surface area contributed by atoms with Crippen molar-refractivity contribution in [3.63, 3.8) is 0 Å². The van der Waals surface area contributed by atoms with E-state index >= 15 is 0 Å². The summed E-state index contributed by atoms with van der Waals surface area (Å²) in [6, 6.07) is 5.58. The molecule has 112 valence electrons. The van der Waals surface area contributed by atoms with Gasteiger partial charge >= 0.3 is 0 Å². The van der Waals surface area contributed by atoms with E-state index in [1.807, 2.05) is 12.1 Å². The fourth-order valence-corrected chi connectivity index (χ4v) is 3.16. The van der Waals surface area contributed by atoms with Gasteiger partial charge in [0.25, 0.3) is 0 Å². The second-order valence-electron chi connectivity index (χ2n) is 6.25. The highest BCUT2D eigenvalue weighted by Crippen LogP contribution is 2.29. The van der Waals surface area contributed by atoms with Gasteiger partial charge in [0.15, 0.2) is 0 Å². The number of anilines is 1. The molecule has 1 fully saturated rings. The molecule has 1 aliphatic rings. The third kappa shape index (κ3) is 3.72. The zero-order valence-electron chi connectivity index (χ0n) is 12.7. The summed E-state index contributed by atoms with van der Waals surface area (Å²) in [5.74, 6) is 1.41. The Morgan fingerprint density at radius 2 is 2.10 bits per heavy atom. The predicted molar refractivity (Wildman–Crippen MR) is 83.6 cm³/mol. The number of hydrogen-bond acceptors (Lipinski definition) is 2. The van der Waals surface area contributed by atoms with Crippen molar-refractivity contribution in [3.8, 4) is 0 Å². The van der Waals surface area contributed by atoms with Crippen LogP contribution in [-0.2, 0) is 6.42 Å². The van der Waals surface area contributed by atoms with Crippen molar-refractivity contribution >= 4 is 5.69 Å². The molecule has 1 atom stereocenters. The summed E-state index contributed by atoms with van der Waals surface area (Å²) >= 11 is 0. The molecule has 0 amide bonds. The third-order valence-electron chi connectivity index (χ3n) is 4.50. The van der Waals surface area contributed by atoms with Crippen LogP contribution >= 0.6 is 0 Å². The second-order valence-corrected chi connectivity index (χ2v) is 6.25. The second kappa shape index (κ2) is 7.07. The quantitative estimate of drug-likeness (QED) is 0.912. The van der Waals surface area contributed by atoms with Crippen molar-refractivity contribution in [3.05, 3.63) is 29.6 Å². The molecule has 1 unspecified atom stereocenters. The summed E-state index contributed by atoms with van der Waals surface area (Å²) in [5, 5.41) is 0. The van der Waals surface area contributed by atoms with Gasteiger partial charge in [0.2, 0.25) is 0 Å². The van der Waals surface area contributed by atoms with E-state index < -0.39 is 0 Å². The summed E-state index contributed by atoms with van der Waals surface area (Å²) < 4.78 is 14.3. The monoisotopic (exact) mass is 278 g/mol. The fraction of sp³-hybridized carbons (Fsp3) is 0.647. The molecule has 0 saturated carbocycles. The highest BCUT2D eigenvalue weighted by molar-refractivity contribution is 5.49. The van der Waals surface area contributed by atoms with Crippen molar-refractivity contribution in [2.45, 2.75) is 39.5 Å². The molecule has 1 aromatic rings. The SMILES string of the molecule is CC(C)C1CCCN(c2ccc(CCN)cc2F)CC1. The average Bonchev–Trinajstić information content (AvgIpc) is 2.65. The maximum atomic E-state index is 14.3. The maximum absolute atomic E-state index is 14.3. The molecular weight excluding hydrogens is 251 g/mol. The summed E-state index contributed by atoms with van der Waals surface area (Å²) in [6.45, 7) is 7.09. The molecule has 2 rings (SSSR count). The minimum atomic E-state index is -0.0982. The predicted octanol–water partition coefficient (Wildman–Crippen LogP) is 3.59. The Kier molecular flexibility index (Phi) is 5.41. The molecule has 3 heteroatoms. The molecule has 0 radical (unpaired) electrons. The van der Waals surface area contributed by atoms with Gasteiger partial charge in [-0.25, -0.2) is 4.39 Å². The standard InChI is InChI=1S/C17H27FN2/c1-13(2)15-4-3-10-20(11-8-15)17-6-5-14(7-9-19)12-16(17)18/h5-6,12-13,15H,3-4,7-11,19H2,1-2H3. The Bertz CT molecular complexity index is 431. The van der Waals surface area contributed by atoms with Crippen LogP contribution in [0.15, 0.2) is 18.2 Å². The highest BCUT2D eigenvalue weighted by atomic mass is 19.1. The smallest absolute Gasteiger partial charge is 0.146 e. The van der Waals surface area contributed by atoms with Crippen LogP contribution in [0.1, 0.15) is 38.7 Å². The van der Waals surface area contributed by atoms with Crippen molar-refractivity contribution in [1.82, 2.24) is 0 Å². The first-order valence-corrected chi connectivity index (χ1v) is 7.85. The lowest BCUT2D eigenvalue weighted by Crippen LogP contribution is -2.25. The summed E-state index contributed by atoms with van der Waals surface area (Å²) in [6.07, 6.45) is 4.34. The largest absolute Gasteiger partial charge is 0.369 e. The van der Waals surface area contributed by atoms with Crippen LogP contribution in [-0.4, -0.2) is 19.6 Å². The molecule has 1 aliphatic heterocycles. The Morgan fingerprint density at radius 1 is 1.30 bits per heavy atom. The van der Waals surface area contributed by atoms with E-state index in [9.17, 15) is 4.39 Å². The molecule has 0 spiro atoms. The van der Waals surface area contributed by atoms with Crippen LogP contribution in [0, 0.1) is 17.7 Å². The van der Waals surface area contributed by atoms with Crippen molar-refractivity contribution in [1.29, 1.82) is 0 Å². The lowest BCUT2D eigenvalue weighted by molar-refractivity contribution is 0.351. The lowest BCUT2D eigenvalue weighted by atomic mass is 9.89. The van der Waals surface area contributed by atoms with Gasteiger partial charge in [0.1, 0.15) is 5.82 Å². The Hall–Kier alpha value is -1.09.